The third-order valence-electron chi connectivity index (χ3n) is 0.638. The average molecular weight is 76.1 g/mol. The fraction of sp³-hybridized carbons (Fsp3) is 0.600. The maximum absolute atomic E-state index is 2.18. The minimum atomic E-state index is 1.17. The van der Waals surface area contributed by atoms with Gasteiger partial charge in [-0.2, -0.15) is 0 Å². The van der Waals surface area contributed by atoms with E-state index in [2.05, 4.69) is 36.8 Å². The van der Waals surface area contributed by atoms with Crippen molar-refractivity contribution in [3.8, 4) is 0 Å². The van der Waals surface area contributed by atoms with Crippen LogP contribution in [0.5, 0.6) is 0 Å². The van der Waals surface area contributed by atoms with Crippen LogP contribution in [0.4, 0.5) is 0 Å². The summed E-state index contributed by atoms with van der Waals surface area (Å²) in [7, 11) is 0. The number of allylic oxidation sites excluding steroid dienone is 2. The van der Waals surface area contributed by atoms with Gasteiger partial charge in [-0.1, -0.05) is 0 Å². The van der Waals surface area contributed by atoms with E-state index < -0.39 is 0 Å². The maximum atomic E-state index is 2.18. The van der Waals surface area contributed by atoms with Gasteiger partial charge in [0.05, 0.1) is 0 Å². The third-order valence-corrected chi connectivity index (χ3v) is 0.638. The van der Waals surface area contributed by atoms with Crippen LogP contribution in [0.2, 0.25) is 5.09 Å². The van der Waals surface area contributed by atoms with Gasteiger partial charge in [0.15, 0.2) is 0 Å². The summed E-state index contributed by atoms with van der Waals surface area (Å²) in [5.74, 6) is 0. The summed E-state index contributed by atoms with van der Waals surface area (Å²) in [6.07, 6.45) is 5.54. The van der Waals surface area contributed by atoms with Gasteiger partial charge in [0.2, 0.25) is 0 Å². The molecule has 0 aliphatic rings. The van der Waals surface area contributed by atoms with Gasteiger partial charge in [0, 0.05) is 0 Å². The molecule has 0 nitrogen and oxygen atoms in total. The summed E-state index contributed by atoms with van der Waals surface area (Å²) in [4.78, 5) is 0. The van der Waals surface area contributed by atoms with Crippen molar-refractivity contribution in [3.05, 3.63) is 12.2 Å². The van der Waals surface area contributed by atoms with E-state index in [-0.39, 0.29) is 0 Å². The van der Waals surface area contributed by atoms with E-state index >= 15 is 0 Å². The van der Waals surface area contributed by atoms with Crippen LogP contribution in [0.15, 0.2) is 12.2 Å². The molecule has 0 rings (SSSR count). The molecule has 0 heterocycles. The second-order valence-electron chi connectivity index (χ2n) is 1.29. The molecular weight excluding hydrogens is 67.0 g/mol. The SMILES string of the molecule is [Li][CH2]/C=C/CC. The molecule has 0 aromatic rings. The molecule has 0 unspecified atom stereocenters. The molecule has 0 fully saturated rings. The van der Waals surface area contributed by atoms with Gasteiger partial charge in [-0.05, 0) is 0 Å². The fourth-order valence-electron chi connectivity index (χ4n) is 0.333. The summed E-state index contributed by atoms with van der Waals surface area (Å²) in [6.45, 7) is 2.14. The van der Waals surface area contributed by atoms with Crippen molar-refractivity contribution in [2.45, 2.75) is 18.4 Å². The van der Waals surface area contributed by atoms with Crippen LogP contribution in [0.25, 0.3) is 0 Å². The predicted molar refractivity (Wildman–Crippen MR) is 30.0 cm³/mol. The molecule has 0 atom stereocenters. The van der Waals surface area contributed by atoms with Crippen molar-refractivity contribution < 1.29 is 0 Å². The Bertz CT molecular complexity index is 33.2. The Hall–Kier alpha value is 0.337. The molecule has 1 heteroatoms. The number of rotatable bonds is 2. The predicted octanol–water partition coefficient (Wildman–Crippen LogP) is 1.54. The first-order chi connectivity index (χ1) is 2.91. The van der Waals surface area contributed by atoms with Gasteiger partial charge >= 0.3 is 48.3 Å². The minimum absolute atomic E-state index is 1.17. The second kappa shape index (κ2) is 5.34. The molecule has 0 radical (unpaired) electrons. The zero-order valence-electron chi connectivity index (χ0n) is 4.57. The van der Waals surface area contributed by atoms with Gasteiger partial charge in [-0.15, -0.1) is 0 Å². The van der Waals surface area contributed by atoms with Crippen LogP contribution >= 0.6 is 0 Å². The number of hydrogen-bond acceptors (Lipinski definition) is 0. The average Bonchev–Trinajstić information content (AvgIpc) is 1.61. The van der Waals surface area contributed by atoms with E-state index in [9.17, 15) is 0 Å². The molecule has 0 bridgehead atoms. The van der Waals surface area contributed by atoms with E-state index in [0.717, 1.165) is 0 Å². The van der Waals surface area contributed by atoms with Crippen molar-refractivity contribution in [3.63, 3.8) is 0 Å². The normalized spacial score (nSPS) is 10.5. The Labute approximate surface area is 48.8 Å². The first kappa shape index (κ1) is 6.34. The van der Waals surface area contributed by atoms with E-state index in [1.807, 2.05) is 0 Å². The quantitative estimate of drug-likeness (QED) is 0.345. The van der Waals surface area contributed by atoms with Crippen molar-refractivity contribution in [2.24, 2.45) is 0 Å². The van der Waals surface area contributed by atoms with Gasteiger partial charge < -0.3 is 0 Å². The fourth-order valence-corrected chi connectivity index (χ4v) is 0.333. The third kappa shape index (κ3) is 4.34. The molecule has 30 valence electrons. The molecule has 0 N–H and O–H groups in total. The summed E-state index contributed by atoms with van der Waals surface area (Å²) in [5, 5.41) is 1.17. The molecule has 0 aromatic heterocycles. The Morgan fingerprint density at radius 2 is 2.17 bits per heavy atom. The summed E-state index contributed by atoms with van der Waals surface area (Å²) in [5.41, 5.74) is 0. The first-order valence-corrected chi connectivity index (χ1v) is 2.56. The van der Waals surface area contributed by atoms with Gasteiger partial charge in [0.25, 0.3) is 0 Å². The van der Waals surface area contributed by atoms with Crippen LogP contribution in [0.3, 0.4) is 0 Å². The molecule has 0 aromatic carbocycles. The van der Waals surface area contributed by atoms with Crippen molar-refractivity contribution in [1.29, 1.82) is 0 Å². The van der Waals surface area contributed by atoms with Crippen LogP contribution < -0.4 is 0 Å². The summed E-state index contributed by atoms with van der Waals surface area (Å²) < 4.78 is 0. The first-order valence-electron chi connectivity index (χ1n) is 2.56. The van der Waals surface area contributed by atoms with Gasteiger partial charge in [0.1, 0.15) is 0 Å². The van der Waals surface area contributed by atoms with Crippen LogP contribution in [-0.4, -0.2) is 17.7 Å². The standard InChI is InChI=1S/C5H9.Li/c1-3-5-4-2;/h3,5H,1,4H2,2H3;/b5-3+;. The van der Waals surface area contributed by atoms with Crippen molar-refractivity contribution in [1.82, 2.24) is 0 Å². The molecule has 0 amide bonds. The van der Waals surface area contributed by atoms with E-state index in [1.165, 1.54) is 11.5 Å². The molecule has 0 saturated carbocycles. The topological polar surface area (TPSA) is 0 Å². The zero-order chi connectivity index (χ0) is 4.83. The Balaban J connectivity index is 2.73. The Kier molecular flexibility index (Phi) is 5.64. The van der Waals surface area contributed by atoms with Crippen molar-refractivity contribution in [2.75, 3.05) is 0 Å². The van der Waals surface area contributed by atoms with Gasteiger partial charge in [-0.25, -0.2) is 0 Å². The van der Waals surface area contributed by atoms with Crippen LogP contribution in [-0.2, 0) is 0 Å². The summed E-state index contributed by atoms with van der Waals surface area (Å²) >= 11 is 2.14. The number of hydrogen-bond donors (Lipinski definition) is 0. The van der Waals surface area contributed by atoms with Crippen LogP contribution in [0.1, 0.15) is 13.3 Å². The van der Waals surface area contributed by atoms with Gasteiger partial charge in [-0.3, -0.25) is 0 Å². The summed E-state index contributed by atoms with van der Waals surface area (Å²) in [6, 6.07) is 0. The van der Waals surface area contributed by atoms with E-state index in [1.54, 1.807) is 0 Å². The zero-order valence-corrected chi connectivity index (χ0v) is 4.57. The molecule has 0 saturated heterocycles. The second-order valence-corrected chi connectivity index (χ2v) is 1.29. The molecular formula is C5H9Li. The molecule has 0 spiro atoms. The molecule has 0 aliphatic carbocycles. The Morgan fingerprint density at radius 3 is 2.33 bits per heavy atom. The molecule has 0 aliphatic heterocycles. The van der Waals surface area contributed by atoms with Crippen LogP contribution in [0, 0.1) is 0 Å². The van der Waals surface area contributed by atoms with E-state index in [0.29, 0.717) is 0 Å². The van der Waals surface area contributed by atoms with E-state index in [4.69, 9.17) is 0 Å². The molecule has 6 heavy (non-hydrogen) atoms. The Morgan fingerprint density at radius 1 is 1.50 bits per heavy atom. The van der Waals surface area contributed by atoms with Crippen molar-refractivity contribution >= 4 is 17.7 Å². The monoisotopic (exact) mass is 76.1 g/mol.